The maximum absolute atomic E-state index is 12.2. The third-order valence-corrected chi connectivity index (χ3v) is 3.85. The Bertz CT molecular complexity index is 549. The van der Waals surface area contributed by atoms with Gasteiger partial charge in [0.25, 0.3) is 0 Å². The number of rotatable bonds is 8. The van der Waals surface area contributed by atoms with Crippen molar-refractivity contribution in [1.29, 1.82) is 0 Å². The van der Waals surface area contributed by atoms with Crippen molar-refractivity contribution in [3.8, 4) is 0 Å². The lowest BCUT2D eigenvalue weighted by atomic mass is 9.86. The van der Waals surface area contributed by atoms with E-state index in [4.69, 9.17) is 11.5 Å². The molecule has 1 heterocycles. The zero-order valence-electron chi connectivity index (χ0n) is 15.0. The highest BCUT2D eigenvalue weighted by Crippen LogP contribution is 2.19. The number of imidazole rings is 1. The molecule has 0 saturated heterocycles. The minimum Gasteiger partial charge on any atom is -0.369 e. The average Bonchev–Trinajstić information content (AvgIpc) is 2.88. The van der Waals surface area contributed by atoms with Gasteiger partial charge in [0.1, 0.15) is 6.04 Å². The number of aryl methyl sites for hydroxylation is 1. The van der Waals surface area contributed by atoms with E-state index in [2.05, 4.69) is 15.6 Å². The van der Waals surface area contributed by atoms with Gasteiger partial charge in [-0.3, -0.25) is 9.59 Å². The van der Waals surface area contributed by atoms with Crippen LogP contribution in [0.4, 0.5) is 5.95 Å². The summed E-state index contributed by atoms with van der Waals surface area (Å²) in [5, 5.41) is 5.37. The van der Waals surface area contributed by atoms with E-state index in [1.807, 2.05) is 31.5 Å². The highest BCUT2D eigenvalue weighted by atomic mass is 16.2. The van der Waals surface area contributed by atoms with Gasteiger partial charge < -0.3 is 26.7 Å². The first kappa shape index (κ1) is 20.0. The molecule has 0 fully saturated rings. The molecule has 0 saturated carbocycles. The minimum atomic E-state index is -0.590. The average molecular weight is 338 g/mol. The number of carbonyl (C=O) groups excluding carboxylic acids is 2. The highest BCUT2D eigenvalue weighted by molar-refractivity contribution is 5.88. The van der Waals surface area contributed by atoms with Crippen molar-refractivity contribution < 1.29 is 9.59 Å². The summed E-state index contributed by atoms with van der Waals surface area (Å²) in [5.41, 5.74) is 11.3. The Labute approximate surface area is 143 Å². The Balaban J connectivity index is 2.42. The maximum atomic E-state index is 12.2. The molecule has 6 N–H and O–H groups in total. The topological polar surface area (TPSA) is 128 Å². The number of anilines is 1. The summed E-state index contributed by atoms with van der Waals surface area (Å²) >= 11 is 0. The van der Waals surface area contributed by atoms with Gasteiger partial charge >= 0.3 is 0 Å². The lowest BCUT2D eigenvalue weighted by Crippen LogP contribution is -2.53. The van der Waals surface area contributed by atoms with E-state index in [0.29, 0.717) is 18.9 Å². The summed E-state index contributed by atoms with van der Waals surface area (Å²) in [6, 6.07) is -0.854. The summed E-state index contributed by atoms with van der Waals surface area (Å²) in [6.45, 7) is 6.43. The van der Waals surface area contributed by atoms with Crippen LogP contribution in [0.5, 0.6) is 0 Å². The fourth-order valence-electron chi connectivity index (χ4n) is 2.43. The van der Waals surface area contributed by atoms with Gasteiger partial charge in [-0.15, -0.1) is 0 Å². The van der Waals surface area contributed by atoms with Crippen molar-refractivity contribution >= 4 is 17.8 Å². The Hall–Kier alpha value is -2.09. The van der Waals surface area contributed by atoms with Crippen LogP contribution in [0.2, 0.25) is 0 Å². The molecule has 8 heteroatoms. The summed E-state index contributed by atoms with van der Waals surface area (Å²) in [4.78, 5) is 28.1. The van der Waals surface area contributed by atoms with Crippen LogP contribution in [0.3, 0.4) is 0 Å². The second-order valence-electron chi connectivity index (χ2n) is 7.07. The second kappa shape index (κ2) is 8.68. The number of nitrogens with zero attached hydrogens (tertiary/aromatic N) is 2. The molecule has 0 aliphatic heterocycles. The molecule has 0 aliphatic carbocycles. The molecule has 2 atom stereocenters. The molecule has 0 unspecified atom stereocenters. The predicted octanol–water partition coefficient (Wildman–Crippen LogP) is 0.240. The smallest absolute Gasteiger partial charge is 0.242 e. The van der Waals surface area contributed by atoms with Gasteiger partial charge in [-0.2, -0.15) is 0 Å². The van der Waals surface area contributed by atoms with E-state index in [1.54, 1.807) is 13.2 Å². The van der Waals surface area contributed by atoms with Crippen LogP contribution in [0.15, 0.2) is 12.4 Å². The predicted molar refractivity (Wildman–Crippen MR) is 93.9 cm³/mol. The Morgan fingerprint density at radius 2 is 2.04 bits per heavy atom. The van der Waals surface area contributed by atoms with Gasteiger partial charge in [0, 0.05) is 38.4 Å². The molecule has 1 rings (SSSR count). The van der Waals surface area contributed by atoms with Crippen molar-refractivity contribution in [2.45, 2.75) is 58.7 Å². The van der Waals surface area contributed by atoms with E-state index < -0.39 is 6.04 Å². The van der Waals surface area contributed by atoms with Crippen molar-refractivity contribution in [3.05, 3.63) is 12.4 Å². The number of amides is 2. The number of hydrogen-bond donors (Lipinski definition) is 4. The van der Waals surface area contributed by atoms with Crippen LogP contribution in [0.1, 0.15) is 40.0 Å². The number of aromatic nitrogens is 2. The molecular weight excluding hydrogens is 308 g/mol. The van der Waals surface area contributed by atoms with Crippen LogP contribution >= 0.6 is 0 Å². The van der Waals surface area contributed by atoms with Gasteiger partial charge in [-0.25, -0.2) is 4.98 Å². The molecule has 0 aromatic carbocycles. The van der Waals surface area contributed by atoms with Crippen LogP contribution in [-0.4, -0.2) is 40.5 Å². The number of hydrogen-bond acceptors (Lipinski definition) is 5. The second-order valence-corrected chi connectivity index (χ2v) is 7.07. The molecular formula is C16H30N6O2. The Kier molecular flexibility index (Phi) is 7.21. The summed E-state index contributed by atoms with van der Waals surface area (Å²) in [5.74, 6) is 0.0492. The maximum Gasteiger partial charge on any atom is 0.242 e. The quantitative estimate of drug-likeness (QED) is 0.540. The number of nitrogens with one attached hydrogen (secondary N) is 2. The first-order valence-electron chi connectivity index (χ1n) is 8.18. The fourth-order valence-corrected chi connectivity index (χ4v) is 2.43. The molecule has 0 bridgehead atoms. The first-order chi connectivity index (χ1) is 11.1. The van der Waals surface area contributed by atoms with Gasteiger partial charge in [-0.05, 0) is 18.3 Å². The number of nitrogen functional groups attached to an aromatic ring is 1. The van der Waals surface area contributed by atoms with Crippen molar-refractivity contribution in [3.63, 3.8) is 0 Å². The van der Waals surface area contributed by atoms with E-state index in [9.17, 15) is 9.59 Å². The molecule has 0 spiro atoms. The lowest BCUT2D eigenvalue weighted by molar-refractivity contribution is -0.131. The number of likely N-dealkylation sites (N-methyl/N-ethyl adjacent to an activating group) is 1. The Morgan fingerprint density at radius 3 is 2.54 bits per heavy atom. The minimum absolute atomic E-state index is 0.184. The van der Waals surface area contributed by atoms with E-state index in [0.717, 1.165) is 6.42 Å². The van der Waals surface area contributed by atoms with E-state index in [-0.39, 0.29) is 29.7 Å². The van der Waals surface area contributed by atoms with Gasteiger partial charge in [0.15, 0.2) is 5.95 Å². The molecule has 0 aliphatic rings. The molecule has 1 aromatic heterocycles. The van der Waals surface area contributed by atoms with Crippen LogP contribution in [-0.2, 0) is 16.1 Å². The third kappa shape index (κ3) is 6.19. The third-order valence-electron chi connectivity index (χ3n) is 3.85. The van der Waals surface area contributed by atoms with Crippen LogP contribution < -0.4 is 22.1 Å². The zero-order valence-corrected chi connectivity index (χ0v) is 15.0. The highest BCUT2D eigenvalue weighted by Gasteiger charge is 2.32. The lowest BCUT2D eigenvalue weighted by Gasteiger charge is -2.30. The first-order valence-corrected chi connectivity index (χ1v) is 8.18. The van der Waals surface area contributed by atoms with Gasteiger partial charge in [0.05, 0.1) is 0 Å². The van der Waals surface area contributed by atoms with Gasteiger partial charge in [-0.1, -0.05) is 20.8 Å². The molecule has 24 heavy (non-hydrogen) atoms. The summed E-state index contributed by atoms with van der Waals surface area (Å²) < 4.78 is 1.84. The van der Waals surface area contributed by atoms with Crippen molar-refractivity contribution in [2.75, 3.05) is 12.8 Å². The number of carbonyl (C=O) groups is 2. The largest absolute Gasteiger partial charge is 0.369 e. The number of nitrogens with two attached hydrogens (primary N) is 2. The monoisotopic (exact) mass is 338 g/mol. The van der Waals surface area contributed by atoms with E-state index in [1.165, 1.54) is 0 Å². The summed E-state index contributed by atoms with van der Waals surface area (Å²) in [6.07, 6.45) is 5.13. The van der Waals surface area contributed by atoms with Crippen molar-refractivity contribution in [2.24, 2.45) is 11.1 Å². The van der Waals surface area contributed by atoms with E-state index >= 15 is 0 Å². The van der Waals surface area contributed by atoms with Crippen molar-refractivity contribution in [1.82, 2.24) is 20.2 Å². The fraction of sp³-hybridized carbons (Fsp3) is 0.688. The SMILES string of the molecule is CNC(=O)[C@@H](NC(=O)C[C@@H](N)CCCn1ccnc1N)C(C)(C)C. The molecule has 1 aromatic rings. The Morgan fingerprint density at radius 1 is 1.38 bits per heavy atom. The standard InChI is InChI=1S/C16H30N6O2/c1-16(2,3)13(14(24)19-4)21-12(23)10-11(17)6-5-8-22-9-7-20-15(22)18/h7,9,11,13H,5-6,8,10,17H2,1-4H3,(H2,18,20)(H,19,24)(H,21,23)/t11-,13+/m0/s1. The summed E-state index contributed by atoms with van der Waals surface area (Å²) in [7, 11) is 1.56. The van der Waals surface area contributed by atoms with Crippen LogP contribution in [0.25, 0.3) is 0 Å². The molecule has 0 radical (unpaired) electrons. The molecule has 136 valence electrons. The van der Waals surface area contributed by atoms with Crippen LogP contribution in [0, 0.1) is 5.41 Å². The van der Waals surface area contributed by atoms with Gasteiger partial charge in [0.2, 0.25) is 11.8 Å². The zero-order chi connectivity index (χ0) is 18.3. The molecule has 2 amide bonds. The molecule has 8 nitrogen and oxygen atoms in total. The normalized spacial score (nSPS) is 14.0.